The summed E-state index contributed by atoms with van der Waals surface area (Å²) in [7, 11) is 4.86. The monoisotopic (exact) mass is 290 g/mol. The molecule has 0 aliphatic rings. The number of methoxy groups -OCH3 is 1. The van der Waals surface area contributed by atoms with E-state index in [0.29, 0.717) is 18.1 Å². The molecule has 0 saturated heterocycles. The maximum atomic E-state index is 5.70. The molecule has 1 heterocycles. The van der Waals surface area contributed by atoms with Crippen LogP contribution in [-0.2, 0) is 11.5 Å². The average Bonchev–Trinajstić information content (AvgIpc) is 2.54. The molecule has 0 unspecified atom stereocenters. The number of ether oxygens (including phenoxy) is 2. The Morgan fingerprint density at radius 2 is 1.90 bits per heavy atom. The molecule has 0 atom stereocenters. The first-order chi connectivity index (χ1) is 10.3. The summed E-state index contributed by atoms with van der Waals surface area (Å²) in [6.45, 7) is 0.373. The molecule has 2 aromatic rings. The molecule has 1 N–H and O–H groups in total. The van der Waals surface area contributed by atoms with E-state index in [1.807, 2.05) is 18.2 Å². The molecule has 2 rings (SSSR count). The molecule has 21 heavy (non-hydrogen) atoms. The number of hydrogen-bond donors (Lipinski definition) is 1. The van der Waals surface area contributed by atoms with E-state index in [4.69, 9.17) is 14.4 Å². The smallest absolute Gasteiger partial charge is 0.188 e. The van der Waals surface area contributed by atoms with E-state index < -0.39 is 0 Å². The van der Waals surface area contributed by atoms with E-state index in [0.717, 1.165) is 17.1 Å². The van der Waals surface area contributed by atoms with Gasteiger partial charge >= 0.3 is 0 Å². The van der Waals surface area contributed by atoms with Crippen LogP contribution in [0.3, 0.4) is 0 Å². The van der Waals surface area contributed by atoms with Crippen molar-refractivity contribution in [2.45, 2.75) is 6.61 Å². The summed E-state index contributed by atoms with van der Waals surface area (Å²) in [5, 5.41) is 3.02. The molecule has 0 amide bonds. The summed E-state index contributed by atoms with van der Waals surface area (Å²) in [4.78, 5) is 13.9. The average molecular weight is 290 g/mol. The van der Waals surface area contributed by atoms with Crippen LogP contribution in [0.1, 0.15) is 5.69 Å². The van der Waals surface area contributed by atoms with Gasteiger partial charge in [-0.25, -0.2) is 0 Å². The van der Waals surface area contributed by atoms with E-state index in [-0.39, 0.29) is 0 Å². The zero-order chi connectivity index (χ0) is 15.1. The molecule has 0 radical (unpaired) electrons. The van der Waals surface area contributed by atoms with Gasteiger partial charge < -0.3 is 19.7 Å². The fourth-order valence-corrected chi connectivity index (χ4v) is 1.73. The minimum atomic E-state index is 0.373. The van der Waals surface area contributed by atoms with Crippen molar-refractivity contribution in [2.24, 2.45) is 0 Å². The van der Waals surface area contributed by atoms with Crippen molar-refractivity contribution in [2.75, 3.05) is 26.6 Å². The van der Waals surface area contributed by atoms with E-state index in [1.165, 1.54) is 7.11 Å². The van der Waals surface area contributed by atoms with Crippen molar-refractivity contribution in [3.8, 4) is 17.2 Å². The second-order valence-corrected chi connectivity index (χ2v) is 4.14. The molecule has 0 bridgehead atoms. The second kappa shape index (κ2) is 7.35. The van der Waals surface area contributed by atoms with Gasteiger partial charge in [0.2, 0.25) is 0 Å². The van der Waals surface area contributed by atoms with Gasteiger partial charge in [-0.05, 0) is 24.3 Å². The molecule has 0 spiro atoms. The Bertz CT molecular complexity index is 572. The predicted molar refractivity (Wildman–Crippen MR) is 78.7 cm³/mol. The number of aromatic nitrogens is 1. The Morgan fingerprint density at radius 1 is 1.10 bits per heavy atom. The summed E-state index contributed by atoms with van der Waals surface area (Å²) in [6, 6.07) is 9.11. The second-order valence-electron chi connectivity index (χ2n) is 4.14. The van der Waals surface area contributed by atoms with Crippen molar-refractivity contribution in [3.63, 3.8) is 0 Å². The Hall–Kier alpha value is -2.47. The van der Waals surface area contributed by atoms with E-state index in [1.54, 1.807) is 32.5 Å². The van der Waals surface area contributed by atoms with Crippen LogP contribution < -0.4 is 19.7 Å². The largest absolute Gasteiger partial charge is 0.495 e. The third kappa shape index (κ3) is 4.00. The molecule has 0 aliphatic carbocycles. The maximum Gasteiger partial charge on any atom is 0.188 e. The lowest BCUT2D eigenvalue weighted by molar-refractivity contribution is -0.177. The molecule has 112 valence electrons. The number of hydrogen-bond acceptors (Lipinski definition) is 6. The van der Waals surface area contributed by atoms with Crippen LogP contribution in [0.2, 0.25) is 0 Å². The fraction of sp³-hybridized carbons (Fsp3) is 0.267. The number of pyridine rings is 1. The summed E-state index contributed by atoms with van der Waals surface area (Å²) in [6.07, 6.45) is 1.66. The van der Waals surface area contributed by atoms with Gasteiger partial charge in [0.05, 0.1) is 31.8 Å². The number of rotatable bonds is 7. The van der Waals surface area contributed by atoms with Crippen molar-refractivity contribution in [3.05, 3.63) is 42.2 Å². The van der Waals surface area contributed by atoms with Crippen LogP contribution in [0.25, 0.3) is 0 Å². The Kier molecular flexibility index (Phi) is 5.22. The third-order valence-corrected chi connectivity index (χ3v) is 2.81. The molecule has 6 nitrogen and oxygen atoms in total. The summed E-state index contributed by atoms with van der Waals surface area (Å²) in [5.74, 6) is 2.02. The van der Waals surface area contributed by atoms with Gasteiger partial charge in [-0.15, -0.1) is 0 Å². The van der Waals surface area contributed by atoms with Gasteiger partial charge in [0.15, 0.2) is 5.75 Å². The summed E-state index contributed by atoms with van der Waals surface area (Å²) in [5.41, 5.74) is 1.59. The normalized spacial score (nSPS) is 10.0. The molecular weight excluding hydrogens is 272 g/mol. The third-order valence-electron chi connectivity index (χ3n) is 2.81. The topological polar surface area (TPSA) is 61.8 Å². The van der Waals surface area contributed by atoms with Crippen LogP contribution in [0, 0.1) is 0 Å². The minimum absolute atomic E-state index is 0.373. The zero-order valence-corrected chi connectivity index (χ0v) is 12.3. The number of anilines is 1. The molecule has 0 aliphatic heterocycles. The van der Waals surface area contributed by atoms with Gasteiger partial charge in [-0.3, -0.25) is 4.98 Å². The van der Waals surface area contributed by atoms with Gasteiger partial charge in [0, 0.05) is 13.1 Å². The van der Waals surface area contributed by atoms with Gasteiger partial charge in [0.1, 0.15) is 18.1 Å². The zero-order valence-electron chi connectivity index (χ0n) is 12.3. The molecule has 6 heteroatoms. The van der Waals surface area contributed by atoms with Crippen LogP contribution in [-0.4, -0.2) is 26.3 Å². The maximum absolute atomic E-state index is 5.70. The Labute approximate surface area is 123 Å². The Morgan fingerprint density at radius 3 is 2.52 bits per heavy atom. The molecule has 1 aromatic carbocycles. The lowest BCUT2D eigenvalue weighted by Crippen LogP contribution is -2.00. The highest BCUT2D eigenvalue weighted by atomic mass is 17.2. The molecule has 1 aromatic heterocycles. The lowest BCUT2D eigenvalue weighted by Gasteiger charge is -2.11. The first kappa shape index (κ1) is 14.9. The van der Waals surface area contributed by atoms with E-state index >= 15 is 0 Å². The highest BCUT2D eigenvalue weighted by Gasteiger charge is 2.06. The fourth-order valence-electron chi connectivity index (χ4n) is 1.73. The van der Waals surface area contributed by atoms with Crippen molar-refractivity contribution >= 4 is 5.69 Å². The standard InChI is InChI=1S/C15H18N2O4/c1-16-14-8-12(6-7-15(14)21-19-3)20-10-11-4-5-13(18-2)9-17-11/h4-9,16H,10H2,1-3H3. The predicted octanol–water partition coefficient (Wildman–Crippen LogP) is 2.65. The number of nitrogens with zero attached hydrogens (tertiary/aromatic N) is 1. The van der Waals surface area contributed by atoms with Gasteiger partial charge in [-0.2, -0.15) is 4.89 Å². The first-order valence-electron chi connectivity index (χ1n) is 6.41. The highest BCUT2D eigenvalue weighted by Crippen LogP contribution is 2.29. The van der Waals surface area contributed by atoms with Crippen LogP contribution >= 0.6 is 0 Å². The lowest BCUT2D eigenvalue weighted by atomic mass is 10.2. The molecule has 0 saturated carbocycles. The van der Waals surface area contributed by atoms with Crippen LogP contribution in [0.5, 0.6) is 17.2 Å². The van der Waals surface area contributed by atoms with Crippen molar-refractivity contribution in [1.29, 1.82) is 0 Å². The number of nitrogens with one attached hydrogen (secondary N) is 1. The van der Waals surface area contributed by atoms with Crippen molar-refractivity contribution in [1.82, 2.24) is 4.98 Å². The van der Waals surface area contributed by atoms with Crippen molar-refractivity contribution < 1.29 is 19.2 Å². The molecular formula is C15H18N2O4. The summed E-state index contributed by atoms with van der Waals surface area (Å²) < 4.78 is 10.8. The van der Waals surface area contributed by atoms with Gasteiger partial charge in [-0.1, -0.05) is 0 Å². The summed E-state index contributed by atoms with van der Waals surface area (Å²) >= 11 is 0. The first-order valence-corrected chi connectivity index (χ1v) is 6.41. The highest BCUT2D eigenvalue weighted by molar-refractivity contribution is 5.59. The Balaban J connectivity index is 2.01. The molecule has 0 fully saturated rings. The number of benzene rings is 1. The van der Waals surface area contributed by atoms with E-state index in [2.05, 4.69) is 15.2 Å². The quantitative estimate of drug-likeness (QED) is 0.625. The SMILES string of the molecule is CNc1cc(OCc2ccc(OC)cn2)ccc1OOC. The van der Waals surface area contributed by atoms with Gasteiger partial charge in [0.25, 0.3) is 0 Å². The minimum Gasteiger partial charge on any atom is -0.495 e. The van der Waals surface area contributed by atoms with Crippen LogP contribution in [0.4, 0.5) is 5.69 Å². The van der Waals surface area contributed by atoms with E-state index in [9.17, 15) is 0 Å². The van der Waals surface area contributed by atoms with Crippen LogP contribution in [0.15, 0.2) is 36.5 Å².